The molecule has 3 rings (SSSR count). The molecule has 0 unspecified atom stereocenters. The number of nitrogens with zero attached hydrogens (tertiary/aromatic N) is 1. The minimum atomic E-state index is -0.199. The fraction of sp³-hybridized carbons (Fsp3) is 0.200. The number of aromatic amines is 1. The summed E-state index contributed by atoms with van der Waals surface area (Å²) in [6.07, 6.45) is 1.69. The molecular weight excluding hydrogens is 314 g/mol. The Morgan fingerprint density at radius 1 is 1.16 bits per heavy atom. The van der Waals surface area contributed by atoms with Gasteiger partial charge in [0.25, 0.3) is 5.91 Å². The van der Waals surface area contributed by atoms with Crippen molar-refractivity contribution in [1.29, 1.82) is 0 Å². The summed E-state index contributed by atoms with van der Waals surface area (Å²) in [6, 6.07) is 17.3. The van der Waals surface area contributed by atoms with Crippen LogP contribution in [0.5, 0.6) is 5.75 Å². The molecule has 25 heavy (non-hydrogen) atoms. The first-order valence-corrected chi connectivity index (χ1v) is 8.24. The molecule has 0 bridgehead atoms. The Balaban J connectivity index is 1.57. The van der Waals surface area contributed by atoms with Gasteiger partial charge in [-0.05, 0) is 41.8 Å². The van der Waals surface area contributed by atoms with Crippen molar-refractivity contribution < 1.29 is 9.53 Å². The molecule has 0 saturated heterocycles. The molecule has 2 aromatic carbocycles. The Labute approximate surface area is 147 Å². The zero-order valence-corrected chi connectivity index (χ0v) is 14.3. The average molecular weight is 335 g/mol. The summed E-state index contributed by atoms with van der Waals surface area (Å²) >= 11 is 0. The Morgan fingerprint density at radius 2 is 1.96 bits per heavy atom. The van der Waals surface area contributed by atoms with Crippen molar-refractivity contribution in [3.63, 3.8) is 0 Å². The molecule has 0 aliphatic heterocycles. The number of hydrogen-bond donors (Lipinski definition) is 2. The normalized spacial score (nSPS) is 10.7. The summed E-state index contributed by atoms with van der Waals surface area (Å²) in [5, 5.41) is 9.69. The lowest BCUT2D eigenvalue weighted by atomic mass is 10.0. The number of anilines is 1. The van der Waals surface area contributed by atoms with E-state index in [2.05, 4.69) is 29.4 Å². The standard InChI is InChI=1S/C20H21N3O2/c1-14(2)15-6-8-18(9-7-15)25-13-20(24)22-17-5-3-4-16(12-17)19-10-11-21-23-19/h3-12,14H,13H2,1-2H3,(H,21,23)(H,22,24). The second-order valence-electron chi connectivity index (χ2n) is 6.11. The van der Waals surface area contributed by atoms with Crippen LogP contribution in [0, 0.1) is 0 Å². The molecule has 5 nitrogen and oxygen atoms in total. The number of benzene rings is 2. The SMILES string of the molecule is CC(C)c1ccc(OCC(=O)Nc2cccc(-c3ccn[nH]3)c2)cc1. The van der Waals surface area contributed by atoms with E-state index >= 15 is 0 Å². The van der Waals surface area contributed by atoms with Crippen LogP contribution in [0.2, 0.25) is 0 Å². The van der Waals surface area contributed by atoms with Gasteiger partial charge in [0.2, 0.25) is 0 Å². The van der Waals surface area contributed by atoms with Gasteiger partial charge in [-0.25, -0.2) is 0 Å². The van der Waals surface area contributed by atoms with Gasteiger partial charge in [-0.1, -0.05) is 38.1 Å². The molecule has 128 valence electrons. The first-order valence-electron chi connectivity index (χ1n) is 8.24. The molecule has 1 aromatic heterocycles. The summed E-state index contributed by atoms with van der Waals surface area (Å²) in [6.45, 7) is 4.25. The van der Waals surface area contributed by atoms with Crippen LogP contribution in [0.3, 0.4) is 0 Å². The molecule has 0 aliphatic rings. The number of nitrogens with one attached hydrogen (secondary N) is 2. The van der Waals surface area contributed by atoms with Crippen molar-refractivity contribution in [3.8, 4) is 17.0 Å². The number of rotatable bonds is 6. The Bertz CT molecular complexity index is 824. The van der Waals surface area contributed by atoms with E-state index in [1.807, 2.05) is 54.6 Å². The largest absolute Gasteiger partial charge is 0.484 e. The number of amides is 1. The lowest BCUT2D eigenvalue weighted by Gasteiger charge is -2.10. The van der Waals surface area contributed by atoms with Crippen molar-refractivity contribution >= 4 is 11.6 Å². The van der Waals surface area contributed by atoms with Crippen LogP contribution >= 0.6 is 0 Å². The maximum Gasteiger partial charge on any atom is 0.262 e. The summed E-state index contributed by atoms with van der Waals surface area (Å²) in [5.74, 6) is 0.958. The van der Waals surface area contributed by atoms with Gasteiger partial charge in [-0.15, -0.1) is 0 Å². The molecular formula is C20H21N3O2. The fourth-order valence-electron chi connectivity index (χ4n) is 2.48. The Kier molecular flexibility index (Phi) is 5.14. The lowest BCUT2D eigenvalue weighted by molar-refractivity contribution is -0.118. The van der Waals surface area contributed by atoms with E-state index in [4.69, 9.17) is 4.74 Å². The van der Waals surface area contributed by atoms with E-state index < -0.39 is 0 Å². The average Bonchev–Trinajstić information content (AvgIpc) is 3.15. The maximum atomic E-state index is 12.1. The maximum absolute atomic E-state index is 12.1. The fourth-order valence-corrected chi connectivity index (χ4v) is 2.48. The van der Waals surface area contributed by atoms with Crippen molar-refractivity contribution in [2.45, 2.75) is 19.8 Å². The van der Waals surface area contributed by atoms with Crippen LogP contribution in [-0.4, -0.2) is 22.7 Å². The van der Waals surface area contributed by atoms with Gasteiger partial charge in [0.15, 0.2) is 6.61 Å². The van der Waals surface area contributed by atoms with Crippen LogP contribution in [0.15, 0.2) is 60.8 Å². The number of H-pyrrole nitrogens is 1. The summed E-state index contributed by atoms with van der Waals surface area (Å²) < 4.78 is 5.55. The van der Waals surface area contributed by atoms with Crippen LogP contribution in [-0.2, 0) is 4.79 Å². The predicted molar refractivity (Wildman–Crippen MR) is 98.7 cm³/mol. The van der Waals surface area contributed by atoms with Crippen LogP contribution in [0.4, 0.5) is 5.69 Å². The van der Waals surface area contributed by atoms with E-state index in [1.165, 1.54) is 5.56 Å². The molecule has 3 aromatic rings. The number of aromatic nitrogens is 2. The molecule has 1 amide bonds. The minimum absolute atomic E-state index is 0.0324. The molecule has 0 spiro atoms. The third-order valence-corrected chi connectivity index (χ3v) is 3.87. The van der Waals surface area contributed by atoms with E-state index in [1.54, 1.807) is 6.20 Å². The van der Waals surface area contributed by atoms with Gasteiger partial charge in [0.05, 0.1) is 5.69 Å². The second-order valence-corrected chi connectivity index (χ2v) is 6.11. The van der Waals surface area contributed by atoms with Crippen molar-refractivity contribution in [1.82, 2.24) is 10.2 Å². The first-order chi connectivity index (χ1) is 12.1. The predicted octanol–water partition coefficient (Wildman–Crippen LogP) is 4.22. The second kappa shape index (κ2) is 7.66. The number of hydrogen-bond acceptors (Lipinski definition) is 3. The summed E-state index contributed by atoms with van der Waals surface area (Å²) in [4.78, 5) is 12.1. The number of carbonyl (C=O) groups excluding carboxylic acids is 1. The van der Waals surface area contributed by atoms with Crippen molar-refractivity contribution in [2.24, 2.45) is 0 Å². The van der Waals surface area contributed by atoms with Gasteiger partial charge in [-0.2, -0.15) is 5.10 Å². The summed E-state index contributed by atoms with van der Waals surface area (Å²) in [7, 11) is 0. The van der Waals surface area contributed by atoms with Crippen LogP contribution in [0.1, 0.15) is 25.3 Å². The molecule has 1 heterocycles. The quantitative estimate of drug-likeness (QED) is 0.709. The van der Waals surface area contributed by atoms with Gasteiger partial charge in [0.1, 0.15) is 5.75 Å². The molecule has 0 saturated carbocycles. The van der Waals surface area contributed by atoms with Gasteiger partial charge in [-0.3, -0.25) is 9.89 Å². The van der Waals surface area contributed by atoms with Crippen molar-refractivity contribution in [2.75, 3.05) is 11.9 Å². The molecule has 0 aliphatic carbocycles. The van der Waals surface area contributed by atoms with Gasteiger partial charge < -0.3 is 10.1 Å². The minimum Gasteiger partial charge on any atom is -0.484 e. The lowest BCUT2D eigenvalue weighted by Crippen LogP contribution is -2.20. The highest BCUT2D eigenvalue weighted by Gasteiger charge is 2.06. The number of carbonyl (C=O) groups is 1. The molecule has 0 radical (unpaired) electrons. The molecule has 5 heteroatoms. The van der Waals surface area contributed by atoms with Crippen LogP contribution < -0.4 is 10.1 Å². The van der Waals surface area contributed by atoms with E-state index in [-0.39, 0.29) is 12.5 Å². The third-order valence-electron chi connectivity index (χ3n) is 3.87. The van der Waals surface area contributed by atoms with Crippen LogP contribution in [0.25, 0.3) is 11.3 Å². The van der Waals surface area contributed by atoms with E-state index in [0.717, 1.165) is 16.9 Å². The number of ether oxygens (including phenoxy) is 1. The van der Waals surface area contributed by atoms with Crippen molar-refractivity contribution in [3.05, 3.63) is 66.4 Å². The van der Waals surface area contributed by atoms with E-state index in [0.29, 0.717) is 11.7 Å². The zero-order chi connectivity index (χ0) is 17.6. The highest BCUT2D eigenvalue weighted by Crippen LogP contribution is 2.21. The van der Waals surface area contributed by atoms with E-state index in [9.17, 15) is 4.79 Å². The van der Waals surface area contributed by atoms with Gasteiger partial charge in [0, 0.05) is 17.4 Å². The molecule has 0 atom stereocenters. The topological polar surface area (TPSA) is 67.0 Å². The van der Waals surface area contributed by atoms with Gasteiger partial charge >= 0.3 is 0 Å². The first kappa shape index (κ1) is 16.8. The molecule has 2 N–H and O–H groups in total. The highest BCUT2D eigenvalue weighted by atomic mass is 16.5. The third kappa shape index (κ3) is 4.47. The Morgan fingerprint density at radius 3 is 2.64 bits per heavy atom. The smallest absolute Gasteiger partial charge is 0.262 e. The molecule has 0 fully saturated rings. The zero-order valence-electron chi connectivity index (χ0n) is 14.3. The highest BCUT2D eigenvalue weighted by molar-refractivity contribution is 5.92. The Hall–Kier alpha value is -3.08. The summed E-state index contributed by atoms with van der Waals surface area (Å²) in [5.41, 5.74) is 3.82. The monoisotopic (exact) mass is 335 g/mol.